The van der Waals surface area contributed by atoms with E-state index in [1.54, 1.807) is 4.90 Å². The van der Waals surface area contributed by atoms with Gasteiger partial charge in [0.1, 0.15) is 0 Å². The summed E-state index contributed by atoms with van der Waals surface area (Å²) in [6, 6.07) is 7.73. The first-order valence-electron chi connectivity index (χ1n) is 6.13. The minimum Gasteiger partial charge on any atom is -0.339 e. The lowest BCUT2D eigenvalue weighted by atomic mass is 10.1. The van der Waals surface area contributed by atoms with Crippen molar-refractivity contribution in [3.05, 3.63) is 34.9 Å². The molecule has 0 saturated carbocycles. The van der Waals surface area contributed by atoms with Crippen LogP contribution in [0.15, 0.2) is 24.3 Å². The molecular weight excluding hydrogens is 314 g/mol. The molecule has 0 aliphatic rings. The van der Waals surface area contributed by atoms with E-state index in [-0.39, 0.29) is 11.9 Å². The summed E-state index contributed by atoms with van der Waals surface area (Å²) in [4.78, 5) is 13.8. The number of carbonyl (C=O) groups is 1. The monoisotopic (exact) mass is 331 g/mol. The maximum atomic E-state index is 12.0. The van der Waals surface area contributed by atoms with E-state index < -0.39 is 0 Å². The van der Waals surface area contributed by atoms with E-state index in [2.05, 4.69) is 15.9 Å². The third-order valence-corrected chi connectivity index (χ3v) is 3.91. The number of carbonyl (C=O) groups excluding carboxylic acids is 1. The molecule has 0 N–H and O–H groups in total. The molecule has 1 atom stereocenters. The molecule has 0 radical (unpaired) electrons. The van der Waals surface area contributed by atoms with Gasteiger partial charge in [0.05, 0.1) is 6.04 Å². The maximum absolute atomic E-state index is 12.0. The summed E-state index contributed by atoms with van der Waals surface area (Å²) in [5.74, 6) is 0.193. The highest BCUT2D eigenvalue weighted by Crippen LogP contribution is 2.21. The van der Waals surface area contributed by atoms with Crippen molar-refractivity contribution in [2.45, 2.75) is 32.2 Å². The van der Waals surface area contributed by atoms with E-state index in [0.29, 0.717) is 6.42 Å². The van der Waals surface area contributed by atoms with Crippen LogP contribution in [0.3, 0.4) is 0 Å². The third kappa shape index (κ3) is 4.62. The van der Waals surface area contributed by atoms with Crippen LogP contribution in [0, 0.1) is 0 Å². The molecule has 0 spiro atoms. The number of nitrogens with zero attached hydrogens (tertiary/aromatic N) is 1. The molecule has 2 nitrogen and oxygen atoms in total. The first-order chi connectivity index (χ1) is 8.56. The van der Waals surface area contributed by atoms with Crippen LogP contribution in [0.5, 0.6) is 0 Å². The molecule has 1 rings (SSSR count). The first kappa shape index (κ1) is 15.5. The number of hydrogen-bond donors (Lipinski definition) is 0. The lowest BCUT2D eigenvalue weighted by molar-refractivity contribution is -0.131. The normalized spacial score (nSPS) is 12.2. The molecule has 0 saturated heterocycles. The fourth-order valence-electron chi connectivity index (χ4n) is 1.73. The highest BCUT2D eigenvalue weighted by atomic mass is 79.9. The molecule has 0 heterocycles. The van der Waals surface area contributed by atoms with E-state index in [9.17, 15) is 4.79 Å². The smallest absolute Gasteiger partial charge is 0.222 e. The van der Waals surface area contributed by atoms with Gasteiger partial charge >= 0.3 is 0 Å². The summed E-state index contributed by atoms with van der Waals surface area (Å²) in [7, 11) is 1.86. The molecule has 0 aliphatic carbocycles. The van der Waals surface area contributed by atoms with Crippen LogP contribution in [0.1, 0.15) is 37.8 Å². The van der Waals surface area contributed by atoms with Crippen molar-refractivity contribution in [2.75, 3.05) is 12.4 Å². The zero-order chi connectivity index (χ0) is 13.5. The molecular formula is C14H19BrClNO. The second-order valence-corrected chi connectivity index (χ2v) is 5.61. The highest BCUT2D eigenvalue weighted by molar-refractivity contribution is 9.09. The number of hydrogen-bond acceptors (Lipinski definition) is 1. The number of rotatable bonds is 6. The minimum atomic E-state index is 0.0822. The second kappa shape index (κ2) is 7.80. The van der Waals surface area contributed by atoms with Gasteiger partial charge in [0.2, 0.25) is 5.91 Å². The SMILES string of the molecule is CC(c1ccc(Cl)cc1)N(C)C(=O)CCCCBr. The molecule has 1 unspecified atom stereocenters. The summed E-state index contributed by atoms with van der Waals surface area (Å²) in [5.41, 5.74) is 1.11. The van der Waals surface area contributed by atoms with Crippen molar-refractivity contribution in [2.24, 2.45) is 0 Å². The molecule has 0 bridgehead atoms. The average Bonchev–Trinajstić information content (AvgIpc) is 2.38. The maximum Gasteiger partial charge on any atom is 0.222 e. The van der Waals surface area contributed by atoms with Gasteiger partial charge < -0.3 is 4.90 Å². The Labute approximate surface area is 122 Å². The van der Waals surface area contributed by atoms with E-state index in [4.69, 9.17) is 11.6 Å². The van der Waals surface area contributed by atoms with Crippen LogP contribution >= 0.6 is 27.5 Å². The van der Waals surface area contributed by atoms with Crippen molar-refractivity contribution in [3.8, 4) is 0 Å². The van der Waals surface area contributed by atoms with Gasteiger partial charge in [-0.15, -0.1) is 0 Å². The van der Waals surface area contributed by atoms with Crippen LogP contribution in [-0.2, 0) is 4.79 Å². The van der Waals surface area contributed by atoms with Gasteiger partial charge in [-0.1, -0.05) is 39.7 Å². The second-order valence-electron chi connectivity index (χ2n) is 4.38. The highest BCUT2D eigenvalue weighted by Gasteiger charge is 2.16. The summed E-state index contributed by atoms with van der Waals surface area (Å²) >= 11 is 9.23. The Balaban J connectivity index is 2.57. The van der Waals surface area contributed by atoms with Gasteiger partial charge in [0, 0.05) is 23.8 Å². The Hall–Kier alpha value is -0.540. The summed E-state index contributed by atoms with van der Waals surface area (Å²) in [6.07, 6.45) is 2.58. The number of unbranched alkanes of at least 4 members (excludes halogenated alkanes) is 1. The van der Waals surface area contributed by atoms with Crippen molar-refractivity contribution in [1.82, 2.24) is 4.90 Å². The third-order valence-electron chi connectivity index (χ3n) is 3.10. The van der Waals surface area contributed by atoms with E-state index in [0.717, 1.165) is 28.8 Å². The quantitative estimate of drug-likeness (QED) is 0.557. The minimum absolute atomic E-state index is 0.0822. The van der Waals surface area contributed by atoms with Crippen molar-refractivity contribution < 1.29 is 4.79 Å². The Morgan fingerprint density at radius 3 is 2.50 bits per heavy atom. The molecule has 1 aromatic carbocycles. The number of alkyl halides is 1. The molecule has 1 aromatic rings. The van der Waals surface area contributed by atoms with Crippen molar-refractivity contribution in [1.29, 1.82) is 0 Å². The van der Waals surface area contributed by atoms with Gasteiger partial charge in [-0.05, 0) is 37.5 Å². The molecule has 18 heavy (non-hydrogen) atoms. The van der Waals surface area contributed by atoms with Gasteiger partial charge in [-0.3, -0.25) is 4.79 Å². The topological polar surface area (TPSA) is 20.3 Å². The summed E-state index contributed by atoms with van der Waals surface area (Å²) < 4.78 is 0. The number of halogens is 2. The average molecular weight is 333 g/mol. The van der Waals surface area contributed by atoms with Crippen LogP contribution in [0.4, 0.5) is 0 Å². The molecule has 4 heteroatoms. The Morgan fingerprint density at radius 2 is 1.94 bits per heavy atom. The molecule has 100 valence electrons. The lowest BCUT2D eigenvalue weighted by Gasteiger charge is -2.25. The summed E-state index contributed by atoms with van der Waals surface area (Å²) in [6.45, 7) is 2.03. The van der Waals surface area contributed by atoms with E-state index in [1.807, 2.05) is 38.2 Å². The standard InChI is InChI=1S/C14H19BrClNO/c1-11(12-6-8-13(16)9-7-12)17(2)14(18)5-3-4-10-15/h6-9,11H,3-5,10H2,1-2H3. The Bertz CT molecular complexity index is 380. The molecule has 0 fully saturated rings. The Morgan fingerprint density at radius 1 is 1.33 bits per heavy atom. The fourth-order valence-corrected chi connectivity index (χ4v) is 2.25. The predicted octanol–water partition coefficient (Wildman–Crippen LogP) is 4.42. The van der Waals surface area contributed by atoms with Crippen LogP contribution < -0.4 is 0 Å². The van der Waals surface area contributed by atoms with E-state index in [1.165, 1.54) is 0 Å². The molecule has 0 aromatic heterocycles. The van der Waals surface area contributed by atoms with Gasteiger partial charge in [0.15, 0.2) is 0 Å². The first-order valence-corrected chi connectivity index (χ1v) is 7.63. The lowest BCUT2D eigenvalue weighted by Crippen LogP contribution is -2.29. The summed E-state index contributed by atoms with van der Waals surface area (Å²) in [5, 5.41) is 1.67. The number of amides is 1. The largest absolute Gasteiger partial charge is 0.339 e. The van der Waals surface area contributed by atoms with Crippen molar-refractivity contribution in [3.63, 3.8) is 0 Å². The van der Waals surface area contributed by atoms with Gasteiger partial charge in [0.25, 0.3) is 0 Å². The van der Waals surface area contributed by atoms with Gasteiger partial charge in [-0.25, -0.2) is 0 Å². The fraction of sp³-hybridized carbons (Fsp3) is 0.500. The Kier molecular flexibility index (Phi) is 6.72. The van der Waals surface area contributed by atoms with Crippen LogP contribution in [0.25, 0.3) is 0 Å². The van der Waals surface area contributed by atoms with Crippen LogP contribution in [-0.4, -0.2) is 23.2 Å². The van der Waals surface area contributed by atoms with E-state index >= 15 is 0 Å². The predicted molar refractivity (Wildman–Crippen MR) is 80.3 cm³/mol. The van der Waals surface area contributed by atoms with Crippen LogP contribution in [0.2, 0.25) is 5.02 Å². The van der Waals surface area contributed by atoms with Gasteiger partial charge in [-0.2, -0.15) is 0 Å². The van der Waals surface area contributed by atoms with Crippen molar-refractivity contribution >= 4 is 33.4 Å². The number of benzene rings is 1. The zero-order valence-corrected chi connectivity index (χ0v) is 13.2. The molecule has 1 amide bonds. The zero-order valence-electron chi connectivity index (χ0n) is 10.8. The molecule has 0 aliphatic heterocycles.